The molecule has 0 unspecified atom stereocenters. The summed E-state index contributed by atoms with van der Waals surface area (Å²) in [7, 11) is 0. The first kappa shape index (κ1) is 31.2. The van der Waals surface area contributed by atoms with Gasteiger partial charge in [0.2, 0.25) is 0 Å². The number of hydrogen-bond acceptors (Lipinski definition) is 2. The van der Waals surface area contributed by atoms with Crippen molar-refractivity contribution in [2.24, 2.45) is 0 Å². The van der Waals surface area contributed by atoms with Gasteiger partial charge in [-0.25, -0.2) is 0 Å². The summed E-state index contributed by atoms with van der Waals surface area (Å²) in [5.74, 6) is 0.0110. The lowest BCUT2D eigenvalue weighted by Crippen LogP contribution is -2.05. The Labute approximate surface area is 202 Å². The van der Waals surface area contributed by atoms with Crippen LogP contribution in [0.25, 0.3) is 0 Å². The van der Waals surface area contributed by atoms with E-state index in [-0.39, 0.29) is 5.97 Å². The summed E-state index contributed by atoms with van der Waals surface area (Å²) in [6, 6.07) is 0. The molecule has 0 amide bonds. The Morgan fingerprint density at radius 1 is 0.500 bits per heavy atom. The normalized spacial score (nSPS) is 11.4. The van der Waals surface area contributed by atoms with Crippen LogP contribution in [-0.2, 0) is 9.53 Å². The zero-order chi connectivity index (χ0) is 23.4. The Morgan fingerprint density at radius 2 is 0.875 bits per heavy atom. The minimum absolute atomic E-state index is 0.0110. The fraction of sp³-hybridized carbons (Fsp3) is 0.900. The van der Waals surface area contributed by atoms with Crippen molar-refractivity contribution < 1.29 is 9.53 Å². The van der Waals surface area contributed by atoms with E-state index in [1.54, 1.807) is 0 Å². The first-order valence-corrected chi connectivity index (χ1v) is 14.6. The molecule has 0 aromatic carbocycles. The number of allylic oxidation sites excluding steroid dienone is 2. The van der Waals surface area contributed by atoms with E-state index in [9.17, 15) is 4.79 Å². The van der Waals surface area contributed by atoms with Crippen molar-refractivity contribution in [3.63, 3.8) is 0 Å². The van der Waals surface area contributed by atoms with Crippen molar-refractivity contribution in [3.05, 3.63) is 12.2 Å². The molecule has 190 valence electrons. The summed E-state index contributed by atoms with van der Waals surface area (Å²) in [5.41, 5.74) is 0. The number of carbonyl (C=O) groups is 1. The third-order valence-corrected chi connectivity index (χ3v) is 6.40. The molecule has 0 aromatic heterocycles. The van der Waals surface area contributed by atoms with Gasteiger partial charge < -0.3 is 4.74 Å². The van der Waals surface area contributed by atoms with E-state index in [1.807, 2.05) is 0 Å². The predicted octanol–water partition coefficient (Wildman–Crippen LogP) is 10.5. The molecule has 2 heteroatoms. The van der Waals surface area contributed by atoms with Crippen LogP contribution >= 0.6 is 0 Å². The van der Waals surface area contributed by atoms with Crippen molar-refractivity contribution in [3.8, 4) is 0 Å². The van der Waals surface area contributed by atoms with Crippen LogP contribution in [0.5, 0.6) is 0 Å². The fourth-order valence-corrected chi connectivity index (χ4v) is 4.19. The summed E-state index contributed by atoms with van der Waals surface area (Å²) < 4.78 is 5.37. The Hall–Kier alpha value is -0.790. The van der Waals surface area contributed by atoms with Gasteiger partial charge >= 0.3 is 5.97 Å². The van der Waals surface area contributed by atoms with Gasteiger partial charge in [0.15, 0.2) is 0 Å². The molecule has 0 bridgehead atoms. The number of rotatable bonds is 26. The SMILES string of the molecule is CCCCCCCCCC/C=C\CCCCCCCC(=O)OCCCCCCCCCC. The first-order valence-electron chi connectivity index (χ1n) is 14.6. The highest BCUT2D eigenvalue weighted by Crippen LogP contribution is 2.12. The van der Waals surface area contributed by atoms with E-state index < -0.39 is 0 Å². The molecule has 0 aliphatic carbocycles. The second kappa shape index (κ2) is 28.2. The van der Waals surface area contributed by atoms with Crippen LogP contribution in [0, 0.1) is 0 Å². The molecule has 0 atom stereocenters. The largest absolute Gasteiger partial charge is 0.466 e. The Balaban J connectivity index is 3.19. The lowest BCUT2D eigenvalue weighted by molar-refractivity contribution is -0.143. The third-order valence-electron chi connectivity index (χ3n) is 6.40. The molecule has 0 rings (SSSR count). The van der Waals surface area contributed by atoms with E-state index >= 15 is 0 Å². The standard InChI is InChI=1S/C30H58O2/c1-3-5-7-9-11-13-14-15-16-17-18-19-20-21-22-24-26-28-30(31)32-29-27-25-23-12-10-8-6-4-2/h17-18H,3-16,19-29H2,1-2H3/b18-17-. The fourth-order valence-electron chi connectivity index (χ4n) is 4.19. The summed E-state index contributed by atoms with van der Waals surface area (Å²) in [5, 5.41) is 0. The van der Waals surface area contributed by atoms with Crippen LogP contribution in [0.3, 0.4) is 0 Å². The molecule has 0 saturated carbocycles. The van der Waals surface area contributed by atoms with Crippen LogP contribution in [0.1, 0.15) is 168 Å². The van der Waals surface area contributed by atoms with Crippen molar-refractivity contribution in [1.29, 1.82) is 0 Å². The van der Waals surface area contributed by atoms with Crippen LogP contribution < -0.4 is 0 Å². The molecule has 0 heterocycles. The van der Waals surface area contributed by atoms with E-state index in [4.69, 9.17) is 4.74 Å². The summed E-state index contributed by atoms with van der Waals surface area (Å²) in [6.45, 7) is 5.16. The van der Waals surface area contributed by atoms with Gasteiger partial charge in [0.25, 0.3) is 0 Å². The maximum atomic E-state index is 11.8. The lowest BCUT2D eigenvalue weighted by Gasteiger charge is -2.05. The molecule has 0 aromatic rings. The van der Waals surface area contributed by atoms with E-state index in [0.29, 0.717) is 13.0 Å². The smallest absolute Gasteiger partial charge is 0.305 e. The second-order valence-corrected chi connectivity index (χ2v) is 9.74. The minimum atomic E-state index is 0.0110. The highest BCUT2D eigenvalue weighted by molar-refractivity contribution is 5.69. The molecule has 0 aliphatic rings. The van der Waals surface area contributed by atoms with Crippen LogP contribution in [0.15, 0.2) is 12.2 Å². The van der Waals surface area contributed by atoms with Gasteiger partial charge in [0.1, 0.15) is 0 Å². The highest BCUT2D eigenvalue weighted by atomic mass is 16.5. The molecule has 0 saturated heterocycles. The molecule has 32 heavy (non-hydrogen) atoms. The van der Waals surface area contributed by atoms with Crippen LogP contribution in [0.2, 0.25) is 0 Å². The van der Waals surface area contributed by atoms with Gasteiger partial charge in [-0.3, -0.25) is 4.79 Å². The lowest BCUT2D eigenvalue weighted by atomic mass is 10.1. The molecule has 0 spiro atoms. The minimum Gasteiger partial charge on any atom is -0.466 e. The van der Waals surface area contributed by atoms with Crippen molar-refractivity contribution >= 4 is 5.97 Å². The summed E-state index contributed by atoms with van der Waals surface area (Å²) in [4.78, 5) is 11.8. The van der Waals surface area contributed by atoms with Gasteiger partial charge in [-0.05, 0) is 38.5 Å². The van der Waals surface area contributed by atoms with Crippen LogP contribution in [-0.4, -0.2) is 12.6 Å². The average Bonchev–Trinajstić information content (AvgIpc) is 2.80. The molecular weight excluding hydrogens is 392 g/mol. The molecule has 0 radical (unpaired) electrons. The van der Waals surface area contributed by atoms with Crippen LogP contribution in [0.4, 0.5) is 0 Å². The average molecular weight is 451 g/mol. The number of unbranched alkanes of at least 4 members (excludes halogenated alkanes) is 20. The number of hydrogen-bond donors (Lipinski definition) is 0. The van der Waals surface area contributed by atoms with Crippen molar-refractivity contribution in [2.75, 3.05) is 6.61 Å². The number of ether oxygens (including phenoxy) is 1. The second-order valence-electron chi connectivity index (χ2n) is 9.74. The van der Waals surface area contributed by atoms with Gasteiger partial charge in [-0.15, -0.1) is 0 Å². The first-order chi connectivity index (χ1) is 15.8. The third kappa shape index (κ3) is 27.2. The number of carbonyl (C=O) groups excluding carboxylic acids is 1. The maximum absolute atomic E-state index is 11.8. The van der Waals surface area contributed by atoms with Gasteiger partial charge in [-0.2, -0.15) is 0 Å². The summed E-state index contributed by atoms with van der Waals surface area (Å²) >= 11 is 0. The van der Waals surface area contributed by atoms with E-state index in [1.165, 1.54) is 128 Å². The van der Waals surface area contributed by atoms with Crippen molar-refractivity contribution in [1.82, 2.24) is 0 Å². The molecular formula is C30H58O2. The zero-order valence-corrected chi connectivity index (χ0v) is 22.1. The monoisotopic (exact) mass is 450 g/mol. The quantitative estimate of drug-likeness (QED) is 0.0744. The zero-order valence-electron chi connectivity index (χ0n) is 22.1. The molecule has 2 nitrogen and oxygen atoms in total. The van der Waals surface area contributed by atoms with E-state index in [2.05, 4.69) is 26.0 Å². The molecule has 0 fully saturated rings. The topological polar surface area (TPSA) is 26.3 Å². The Morgan fingerprint density at radius 3 is 1.34 bits per heavy atom. The highest BCUT2D eigenvalue weighted by Gasteiger charge is 2.02. The summed E-state index contributed by atoms with van der Waals surface area (Å²) in [6.07, 6.45) is 35.3. The predicted molar refractivity (Wildman–Crippen MR) is 142 cm³/mol. The number of esters is 1. The Kier molecular flexibility index (Phi) is 27.5. The Bertz CT molecular complexity index is 388. The molecule has 0 N–H and O–H groups in total. The van der Waals surface area contributed by atoms with Gasteiger partial charge in [-0.1, -0.05) is 135 Å². The van der Waals surface area contributed by atoms with Gasteiger partial charge in [0.05, 0.1) is 6.61 Å². The van der Waals surface area contributed by atoms with Crippen molar-refractivity contribution in [2.45, 2.75) is 168 Å². The van der Waals surface area contributed by atoms with E-state index in [0.717, 1.165) is 19.3 Å². The van der Waals surface area contributed by atoms with Gasteiger partial charge in [0, 0.05) is 6.42 Å². The molecule has 0 aliphatic heterocycles. The maximum Gasteiger partial charge on any atom is 0.305 e.